The van der Waals surface area contributed by atoms with Gasteiger partial charge in [-0.25, -0.2) is 9.36 Å². The number of carboxylic acids is 2. The summed E-state index contributed by atoms with van der Waals surface area (Å²) in [4.78, 5) is 59.8. The van der Waals surface area contributed by atoms with Crippen molar-refractivity contribution < 1.29 is 43.2 Å². The average Bonchev–Trinajstić information content (AvgIpc) is 3.55. The number of aliphatic carboxylic acids is 2. The van der Waals surface area contributed by atoms with Crippen LogP contribution in [0.2, 0.25) is 0 Å². The zero-order valence-electron chi connectivity index (χ0n) is 21.0. The zero-order valence-corrected chi connectivity index (χ0v) is 22.7. The number of nitrogens with zero attached hydrogens (tertiary/aromatic N) is 4. The van der Waals surface area contributed by atoms with E-state index < -0.39 is 46.5 Å². The summed E-state index contributed by atoms with van der Waals surface area (Å²) >= 11 is 2.87. The van der Waals surface area contributed by atoms with Crippen LogP contribution in [-0.2, 0) is 30.6 Å². The minimum absolute atomic E-state index is 0.159. The van der Waals surface area contributed by atoms with E-state index in [0.717, 1.165) is 21.2 Å². The average molecular weight is 587 g/mol. The Morgan fingerprint density at radius 1 is 1.40 bits per heavy atom. The molecule has 40 heavy (non-hydrogen) atoms. The number of hydrogen-bond donors (Lipinski definition) is 3. The molecule has 14 nitrogen and oxygen atoms in total. The van der Waals surface area contributed by atoms with E-state index in [1.807, 2.05) is 34.5 Å². The molecule has 2 aliphatic heterocycles. The lowest BCUT2D eigenvalue weighted by Gasteiger charge is -2.50. The van der Waals surface area contributed by atoms with Crippen molar-refractivity contribution >= 4 is 68.7 Å². The summed E-state index contributed by atoms with van der Waals surface area (Å²) in [7, 11) is 0. The molecule has 0 spiro atoms. The standard InChI is InChI=1S/C24H22N6O8S2/c1-24(2,22(35)36)38-28-15(13-9-37-23(25)26-13)18(31)27-16-19(32)30-17(21(33)34)12(10-40-20(16)30)8-29-5-3-14-11(7-29)4-6-39-14/h3-7,9,16,20H,8,10H2,1-2H3,(H4-,25,26,27,31,33,34,35,36)/b28-15-/t16?,20-/m1/s1. The largest absolute Gasteiger partial charge is 0.543 e. The number of nitrogen functional groups attached to an aromatic ring is 1. The third-order valence-electron chi connectivity index (χ3n) is 6.21. The van der Waals surface area contributed by atoms with Crippen molar-refractivity contribution in [2.45, 2.75) is 37.4 Å². The molecule has 3 aromatic rings. The molecule has 16 heteroatoms. The highest BCUT2D eigenvalue weighted by Crippen LogP contribution is 2.40. The van der Waals surface area contributed by atoms with E-state index in [2.05, 4.69) is 15.5 Å². The first kappa shape index (κ1) is 27.1. The number of aromatic nitrogens is 2. The maximum absolute atomic E-state index is 13.2. The van der Waals surface area contributed by atoms with Gasteiger partial charge in [-0.15, -0.1) is 23.1 Å². The predicted octanol–water partition coefficient (Wildman–Crippen LogP) is -0.553. The topological polar surface area (TPSA) is 204 Å². The van der Waals surface area contributed by atoms with E-state index >= 15 is 0 Å². The minimum atomic E-state index is -1.79. The van der Waals surface area contributed by atoms with Gasteiger partial charge in [-0.1, -0.05) is 5.16 Å². The molecule has 0 aromatic carbocycles. The first-order valence-corrected chi connectivity index (χ1v) is 13.7. The number of β-lactam (4-membered cyclic amide) rings is 1. The van der Waals surface area contributed by atoms with Gasteiger partial charge in [0.05, 0.1) is 17.1 Å². The van der Waals surface area contributed by atoms with Gasteiger partial charge in [0.15, 0.2) is 24.7 Å². The van der Waals surface area contributed by atoms with E-state index in [1.165, 1.54) is 25.6 Å². The lowest BCUT2D eigenvalue weighted by atomic mass is 10.0. The third-order valence-corrected chi connectivity index (χ3v) is 8.45. The van der Waals surface area contributed by atoms with Gasteiger partial charge in [-0.05, 0) is 25.3 Å². The summed E-state index contributed by atoms with van der Waals surface area (Å²) in [6, 6.07) is 2.50. The van der Waals surface area contributed by atoms with Crippen LogP contribution in [0, 0.1) is 0 Å². The van der Waals surface area contributed by atoms with Gasteiger partial charge in [0, 0.05) is 22.1 Å². The monoisotopic (exact) mass is 586 g/mol. The molecule has 5 heterocycles. The summed E-state index contributed by atoms with van der Waals surface area (Å²) in [5.41, 5.74) is 3.31. The Morgan fingerprint density at radius 2 is 2.17 bits per heavy atom. The molecular weight excluding hydrogens is 564 g/mol. The minimum Gasteiger partial charge on any atom is -0.543 e. The fourth-order valence-electron chi connectivity index (χ4n) is 4.08. The van der Waals surface area contributed by atoms with Crippen LogP contribution in [0.25, 0.3) is 10.1 Å². The molecule has 3 aromatic heterocycles. The number of nitrogens with one attached hydrogen (secondary N) is 1. The first-order valence-electron chi connectivity index (χ1n) is 11.7. The highest BCUT2D eigenvalue weighted by Gasteiger charge is 2.53. The maximum atomic E-state index is 13.2. The van der Waals surface area contributed by atoms with Crippen molar-refractivity contribution in [3.8, 4) is 0 Å². The number of carbonyl (C=O) groups is 4. The van der Waals surface area contributed by atoms with Crippen LogP contribution in [-0.4, -0.2) is 67.2 Å². The summed E-state index contributed by atoms with van der Waals surface area (Å²) in [6.07, 6.45) is 4.75. The Labute approximate surface area is 234 Å². The number of nitrogens with two attached hydrogens (primary N) is 1. The van der Waals surface area contributed by atoms with Crippen LogP contribution < -0.4 is 20.7 Å². The summed E-state index contributed by atoms with van der Waals surface area (Å²) in [6.45, 7) is 2.68. The van der Waals surface area contributed by atoms with Gasteiger partial charge in [-0.3, -0.25) is 14.5 Å². The van der Waals surface area contributed by atoms with E-state index in [1.54, 1.807) is 11.3 Å². The van der Waals surface area contributed by atoms with Crippen LogP contribution in [0.5, 0.6) is 0 Å². The molecule has 208 valence electrons. The molecule has 1 saturated heterocycles. The van der Waals surface area contributed by atoms with Crippen LogP contribution in [0.4, 0.5) is 6.01 Å². The number of hydrogen-bond acceptors (Lipinski definition) is 12. The number of amides is 2. The van der Waals surface area contributed by atoms with Crippen molar-refractivity contribution in [1.82, 2.24) is 15.2 Å². The fourth-order valence-corrected chi connectivity index (χ4v) is 6.17. The van der Waals surface area contributed by atoms with Gasteiger partial charge in [0.25, 0.3) is 17.8 Å². The van der Waals surface area contributed by atoms with Gasteiger partial charge >= 0.3 is 5.97 Å². The number of oxazole rings is 1. The SMILES string of the molecule is CC(C)(O/N=C(\C(=O)NC1C(=O)N2C(C(=O)[O-])=C(C[n+]3ccc4sccc4c3)CS[C@H]12)c1coc(N)n1)C(=O)O. The molecule has 4 N–H and O–H groups in total. The molecule has 0 bridgehead atoms. The van der Waals surface area contributed by atoms with Gasteiger partial charge in [-0.2, -0.15) is 4.98 Å². The fraction of sp³-hybridized carbons (Fsp3) is 0.292. The Bertz CT molecular complexity index is 1610. The second-order valence-corrected chi connectivity index (χ2v) is 11.4. The van der Waals surface area contributed by atoms with Crippen molar-refractivity contribution in [1.29, 1.82) is 0 Å². The number of pyridine rings is 1. The maximum Gasteiger partial charge on any atom is 0.350 e. The molecule has 0 radical (unpaired) electrons. The zero-order chi connectivity index (χ0) is 28.8. The number of oxime groups is 1. The van der Waals surface area contributed by atoms with Crippen molar-refractivity contribution in [2.24, 2.45) is 5.16 Å². The number of thioether (sulfide) groups is 1. The van der Waals surface area contributed by atoms with Gasteiger partial charge in [0.1, 0.15) is 23.4 Å². The summed E-state index contributed by atoms with van der Waals surface area (Å²) in [5, 5.41) is 29.8. The first-order chi connectivity index (χ1) is 19.0. The summed E-state index contributed by atoms with van der Waals surface area (Å²) < 4.78 is 7.85. The molecule has 1 unspecified atom stereocenters. The van der Waals surface area contributed by atoms with Gasteiger partial charge < -0.3 is 35.3 Å². The molecule has 0 saturated carbocycles. The molecule has 2 atom stereocenters. The Hall–Kier alpha value is -4.44. The molecule has 5 rings (SSSR count). The van der Waals surface area contributed by atoms with E-state index in [4.69, 9.17) is 15.0 Å². The normalized spacial score (nSPS) is 19.3. The van der Waals surface area contributed by atoms with Crippen LogP contribution >= 0.6 is 23.1 Å². The number of carbonyl (C=O) groups excluding carboxylic acids is 3. The lowest BCUT2D eigenvalue weighted by molar-refractivity contribution is -0.687. The quantitative estimate of drug-likeness (QED) is 0.125. The Balaban J connectivity index is 1.36. The number of carboxylic acid groups (broad SMARTS) is 2. The van der Waals surface area contributed by atoms with Gasteiger partial charge in [0.2, 0.25) is 5.60 Å². The molecule has 1 fully saturated rings. The smallest absolute Gasteiger partial charge is 0.350 e. The molecular formula is C24H22N6O8S2. The van der Waals surface area contributed by atoms with E-state index in [9.17, 15) is 29.4 Å². The van der Waals surface area contributed by atoms with Crippen molar-refractivity contribution in [2.75, 3.05) is 11.5 Å². The summed E-state index contributed by atoms with van der Waals surface area (Å²) in [5.74, 6) is -4.16. The number of fused-ring (bicyclic) bond motifs is 2. The van der Waals surface area contributed by atoms with Crippen molar-refractivity contribution in [3.63, 3.8) is 0 Å². The van der Waals surface area contributed by atoms with E-state index in [0.29, 0.717) is 5.57 Å². The molecule has 2 amide bonds. The van der Waals surface area contributed by atoms with Crippen LogP contribution in [0.1, 0.15) is 19.5 Å². The number of rotatable bonds is 9. The second kappa shape index (κ2) is 10.3. The Morgan fingerprint density at radius 3 is 2.85 bits per heavy atom. The number of anilines is 1. The van der Waals surface area contributed by atoms with Crippen LogP contribution in [0.3, 0.4) is 0 Å². The van der Waals surface area contributed by atoms with Crippen molar-refractivity contribution in [3.05, 3.63) is 53.1 Å². The molecule has 0 aliphatic carbocycles. The lowest BCUT2D eigenvalue weighted by Crippen LogP contribution is -2.71. The Kier molecular flexibility index (Phi) is 6.97. The number of thiophene rings is 1. The van der Waals surface area contributed by atoms with E-state index in [-0.39, 0.29) is 29.7 Å². The van der Waals surface area contributed by atoms with Crippen LogP contribution in [0.15, 0.2) is 57.0 Å². The predicted molar refractivity (Wildman–Crippen MR) is 139 cm³/mol. The highest BCUT2D eigenvalue weighted by atomic mass is 32.2. The third kappa shape index (κ3) is 4.98. The molecule has 2 aliphatic rings. The second-order valence-electron chi connectivity index (χ2n) is 9.38. The highest BCUT2D eigenvalue weighted by molar-refractivity contribution is 8.00.